The van der Waals surface area contributed by atoms with Crippen molar-refractivity contribution in [3.05, 3.63) is 47.8 Å². The molecule has 1 saturated heterocycles. The lowest BCUT2D eigenvalue weighted by atomic mass is 10.1. The predicted octanol–water partition coefficient (Wildman–Crippen LogP) is 2.15. The molecule has 1 aliphatic carbocycles. The van der Waals surface area contributed by atoms with Crippen molar-refractivity contribution in [1.82, 2.24) is 19.7 Å². The highest BCUT2D eigenvalue weighted by Gasteiger charge is 2.37. The Hall–Kier alpha value is -2.52. The molecule has 0 atom stereocenters. The number of para-hydroxylation sites is 1. The molecular formula is C19H21N5O3S. The van der Waals surface area contributed by atoms with Gasteiger partial charge in [0.25, 0.3) is 0 Å². The summed E-state index contributed by atoms with van der Waals surface area (Å²) in [5.74, 6) is 1.20. The standard InChI is InChI=1S/C19H21N5O3S/c1-23(28(25,26)12-17-15-4-2-3-5-18(15)27-22-17)14-10-24(11-14)19-9-8-16(20-21-19)13-6-7-13/h2-5,8-9,13-14H,6-7,10-12H2,1H3. The number of benzene rings is 1. The smallest absolute Gasteiger partial charge is 0.220 e. The summed E-state index contributed by atoms with van der Waals surface area (Å²) in [6.07, 6.45) is 2.40. The van der Waals surface area contributed by atoms with E-state index in [9.17, 15) is 8.42 Å². The van der Waals surface area contributed by atoms with Crippen LogP contribution in [0.15, 0.2) is 40.9 Å². The second-order valence-corrected chi connectivity index (χ2v) is 9.58. The third kappa shape index (κ3) is 3.14. The minimum atomic E-state index is -3.50. The molecule has 0 radical (unpaired) electrons. The van der Waals surface area contributed by atoms with E-state index in [4.69, 9.17) is 4.52 Å². The van der Waals surface area contributed by atoms with Gasteiger partial charge in [0.2, 0.25) is 10.0 Å². The van der Waals surface area contributed by atoms with Gasteiger partial charge >= 0.3 is 0 Å². The van der Waals surface area contributed by atoms with Crippen LogP contribution in [-0.2, 0) is 15.8 Å². The molecule has 2 aromatic heterocycles. The Balaban J connectivity index is 1.24. The topological polar surface area (TPSA) is 92.4 Å². The Morgan fingerprint density at radius 3 is 2.64 bits per heavy atom. The van der Waals surface area contributed by atoms with Crippen molar-refractivity contribution < 1.29 is 12.9 Å². The summed E-state index contributed by atoms with van der Waals surface area (Å²) >= 11 is 0. The molecule has 0 amide bonds. The van der Waals surface area contributed by atoms with E-state index in [-0.39, 0.29) is 11.8 Å². The molecule has 146 valence electrons. The number of nitrogens with zero attached hydrogens (tertiary/aromatic N) is 5. The third-order valence-corrected chi connectivity index (χ3v) is 7.39. The molecule has 1 saturated carbocycles. The van der Waals surface area contributed by atoms with Crippen LogP contribution in [0.1, 0.15) is 30.1 Å². The van der Waals surface area contributed by atoms with Gasteiger partial charge in [0.1, 0.15) is 11.4 Å². The first-order chi connectivity index (χ1) is 13.5. The fourth-order valence-electron chi connectivity index (χ4n) is 3.52. The number of hydrogen-bond acceptors (Lipinski definition) is 7. The predicted molar refractivity (Wildman–Crippen MR) is 104 cm³/mol. The number of anilines is 1. The third-order valence-electron chi connectivity index (χ3n) is 5.58. The lowest BCUT2D eigenvalue weighted by Gasteiger charge is -2.43. The maximum Gasteiger partial charge on any atom is 0.220 e. The molecule has 2 aliphatic rings. The van der Waals surface area contributed by atoms with Gasteiger partial charge < -0.3 is 9.42 Å². The van der Waals surface area contributed by atoms with E-state index in [0.717, 1.165) is 16.9 Å². The van der Waals surface area contributed by atoms with Crippen LogP contribution in [-0.4, -0.2) is 54.3 Å². The molecule has 1 aliphatic heterocycles. The van der Waals surface area contributed by atoms with Gasteiger partial charge in [0.15, 0.2) is 11.4 Å². The lowest BCUT2D eigenvalue weighted by Crippen LogP contribution is -2.60. The molecule has 0 N–H and O–H groups in total. The Morgan fingerprint density at radius 1 is 1.14 bits per heavy atom. The maximum absolute atomic E-state index is 12.8. The largest absolute Gasteiger partial charge is 0.356 e. The first kappa shape index (κ1) is 17.6. The van der Waals surface area contributed by atoms with Crippen LogP contribution in [0.3, 0.4) is 0 Å². The number of likely N-dealkylation sites (N-methyl/N-ethyl adjacent to an activating group) is 1. The molecule has 0 unspecified atom stereocenters. The first-order valence-corrected chi connectivity index (χ1v) is 11.0. The van der Waals surface area contributed by atoms with Crippen LogP contribution >= 0.6 is 0 Å². The van der Waals surface area contributed by atoms with E-state index in [1.807, 2.05) is 35.2 Å². The summed E-state index contributed by atoms with van der Waals surface area (Å²) in [4.78, 5) is 2.05. The Morgan fingerprint density at radius 2 is 1.93 bits per heavy atom. The number of sulfonamides is 1. The summed E-state index contributed by atoms with van der Waals surface area (Å²) in [6.45, 7) is 1.21. The lowest BCUT2D eigenvalue weighted by molar-refractivity contribution is 0.308. The van der Waals surface area contributed by atoms with Gasteiger partial charge in [-0.15, -0.1) is 5.10 Å². The molecule has 0 spiro atoms. The quantitative estimate of drug-likeness (QED) is 0.627. The van der Waals surface area contributed by atoms with Crippen LogP contribution in [0.4, 0.5) is 5.82 Å². The SMILES string of the molecule is CN(C1CN(c2ccc(C3CC3)nn2)C1)S(=O)(=O)Cc1noc2ccccc12. The van der Waals surface area contributed by atoms with Gasteiger partial charge in [0, 0.05) is 31.4 Å². The Bertz CT molecular complexity index is 1100. The summed E-state index contributed by atoms with van der Waals surface area (Å²) < 4.78 is 32.4. The first-order valence-electron chi connectivity index (χ1n) is 9.39. The van der Waals surface area contributed by atoms with Crippen molar-refractivity contribution in [3.63, 3.8) is 0 Å². The second kappa shape index (κ2) is 6.52. The van der Waals surface area contributed by atoms with Crippen LogP contribution in [0.2, 0.25) is 0 Å². The fraction of sp³-hybridized carbons (Fsp3) is 0.421. The van der Waals surface area contributed by atoms with Crippen LogP contribution in [0, 0.1) is 0 Å². The molecule has 0 bridgehead atoms. The Labute approximate surface area is 163 Å². The van der Waals surface area contributed by atoms with E-state index < -0.39 is 10.0 Å². The molecule has 2 fully saturated rings. The zero-order valence-electron chi connectivity index (χ0n) is 15.5. The van der Waals surface area contributed by atoms with Crippen molar-refractivity contribution in [2.45, 2.75) is 30.6 Å². The summed E-state index contributed by atoms with van der Waals surface area (Å²) in [5, 5.41) is 13.3. The van der Waals surface area contributed by atoms with Crippen LogP contribution in [0.25, 0.3) is 11.0 Å². The van der Waals surface area contributed by atoms with Gasteiger partial charge in [-0.25, -0.2) is 8.42 Å². The van der Waals surface area contributed by atoms with Crippen molar-refractivity contribution in [1.29, 1.82) is 0 Å². The summed E-state index contributed by atoms with van der Waals surface area (Å²) in [5.41, 5.74) is 2.10. The Kier molecular flexibility index (Phi) is 4.09. The van der Waals surface area contributed by atoms with Gasteiger partial charge in [-0.3, -0.25) is 0 Å². The van der Waals surface area contributed by atoms with Crippen LogP contribution in [0.5, 0.6) is 0 Å². The molecule has 9 heteroatoms. The molecule has 28 heavy (non-hydrogen) atoms. The van der Waals surface area contributed by atoms with Crippen molar-refractivity contribution in [3.8, 4) is 0 Å². The van der Waals surface area contributed by atoms with E-state index in [0.29, 0.717) is 30.3 Å². The van der Waals surface area contributed by atoms with E-state index in [1.165, 1.54) is 17.1 Å². The number of hydrogen-bond donors (Lipinski definition) is 0. The van der Waals surface area contributed by atoms with Gasteiger partial charge in [-0.05, 0) is 37.1 Å². The van der Waals surface area contributed by atoms with E-state index in [2.05, 4.69) is 15.4 Å². The molecule has 8 nitrogen and oxygen atoms in total. The molecule has 1 aromatic carbocycles. The van der Waals surface area contributed by atoms with E-state index >= 15 is 0 Å². The van der Waals surface area contributed by atoms with Crippen molar-refractivity contribution >= 4 is 26.8 Å². The summed E-state index contributed by atoms with van der Waals surface area (Å²) in [7, 11) is -1.88. The fourth-order valence-corrected chi connectivity index (χ4v) is 4.86. The minimum absolute atomic E-state index is 0.0897. The van der Waals surface area contributed by atoms with Crippen molar-refractivity contribution in [2.24, 2.45) is 0 Å². The van der Waals surface area contributed by atoms with Gasteiger partial charge in [0.05, 0.1) is 11.7 Å². The average molecular weight is 399 g/mol. The second-order valence-electron chi connectivity index (χ2n) is 7.55. The highest BCUT2D eigenvalue weighted by atomic mass is 32.2. The zero-order chi connectivity index (χ0) is 19.3. The van der Waals surface area contributed by atoms with Gasteiger partial charge in [-0.2, -0.15) is 9.40 Å². The monoisotopic (exact) mass is 399 g/mol. The molecule has 3 aromatic rings. The summed E-state index contributed by atoms with van der Waals surface area (Å²) in [6, 6.07) is 11.2. The zero-order valence-corrected chi connectivity index (χ0v) is 16.3. The normalized spacial score (nSPS) is 18.0. The van der Waals surface area contributed by atoms with Gasteiger partial charge in [-0.1, -0.05) is 17.3 Å². The van der Waals surface area contributed by atoms with E-state index in [1.54, 1.807) is 13.1 Å². The average Bonchev–Trinajstić information content (AvgIpc) is 3.43. The van der Waals surface area contributed by atoms with Crippen LogP contribution < -0.4 is 4.90 Å². The number of rotatable bonds is 6. The maximum atomic E-state index is 12.8. The number of aromatic nitrogens is 3. The molecule has 3 heterocycles. The highest BCUT2D eigenvalue weighted by Crippen LogP contribution is 2.39. The molecular weight excluding hydrogens is 378 g/mol. The minimum Gasteiger partial charge on any atom is -0.356 e. The number of fused-ring (bicyclic) bond motifs is 1. The molecule has 5 rings (SSSR count). The van der Waals surface area contributed by atoms with Crippen molar-refractivity contribution in [2.75, 3.05) is 25.0 Å². The highest BCUT2D eigenvalue weighted by molar-refractivity contribution is 7.88.